The van der Waals surface area contributed by atoms with E-state index in [1.165, 1.54) is 10.9 Å². The molecule has 6 aliphatic rings. The molecular weight excluding hydrogens is 1510 g/mol. The van der Waals surface area contributed by atoms with Gasteiger partial charge in [0.25, 0.3) is 24.8 Å². The molecule has 0 spiro atoms. The topological polar surface area (TPSA) is 606 Å². The minimum absolute atomic E-state index is 0. The van der Waals surface area contributed by atoms with Crippen LogP contribution >= 0.6 is 15.6 Å². The van der Waals surface area contributed by atoms with Crippen LogP contribution in [-0.2, 0) is 84.5 Å². The second-order valence-electron chi connectivity index (χ2n) is 23.8. The quantitative estimate of drug-likeness (QED) is 0.0262. The van der Waals surface area contributed by atoms with Gasteiger partial charge in [0.05, 0.1) is 25.9 Å². The smallest absolute Gasteiger partial charge is 0.756 e. The number of H-pyrrole nitrogens is 2. The molecule has 15 rings (SSSR count). The summed E-state index contributed by atoms with van der Waals surface area (Å²) in [5.41, 5.74) is 9.97. The van der Waals surface area contributed by atoms with Crippen LogP contribution in [0.25, 0.3) is 49.5 Å². The van der Waals surface area contributed by atoms with E-state index in [1.807, 2.05) is 0 Å². The molecular formula is C52H56F2N25NaO22P2S2. The van der Waals surface area contributed by atoms with Crippen molar-refractivity contribution < 1.29 is 129 Å². The molecule has 0 aliphatic carbocycles. The molecule has 106 heavy (non-hydrogen) atoms. The minimum atomic E-state index is -5.28. The summed E-state index contributed by atoms with van der Waals surface area (Å²) < 4.78 is 183. The average molecular weight is 1570 g/mol. The molecule has 0 radical (unpaired) electrons. The molecule has 8 aromatic heterocycles. The number of rotatable bonds is 11. The summed E-state index contributed by atoms with van der Waals surface area (Å²) in [4.78, 5) is 104. The van der Waals surface area contributed by atoms with Gasteiger partial charge in [-0.3, -0.25) is 70.1 Å². The number of phosphoric acid groups is 2. The largest absolute Gasteiger partial charge is 1.00 e. The molecule has 14 heterocycles. The number of alkyl halides is 2. The summed E-state index contributed by atoms with van der Waals surface area (Å²) in [5, 5.41) is 20.5. The summed E-state index contributed by atoms with van der Waals surface area (Å²) in [5.74, 6) is -1.85. The number of benzene rings is 1. The second-order valence-corrected chi connectivity index (χ2v) is 29.6. The summed E-state index contributed by atoms with van der Waals surface area (Å²) in [6.45, 7) is 6.75. The van der Waals surface area contributed by atoms with E-state index >= 15 is 8.78 Å². The number of anilines is 4. The first-order valence-corrected chi connectivity index (χ1v) is 36.9. The number of nitrogens with one attached hydrogen (secondary N) is 6. The third-order valence-corrected chi connectivity index (χ3v) is 21.1. The van der Waals surface area contributed by atoms with E-state index in [1.54, 1.807) is 44.2 Å². The Labute approximate surface area is 613 Å². The number of phosphoric ester groups is 2. The maximum Gasteiger partial charge on any atom is 1.00 e. The van der Waals surface area contributed by atoms with Gasteiger partial charge < -0.3 is 54.5 Å². The van der Waals surface area contributed by atoms with Crippen molar-refractivity contribution in [3.8, 4) is 0 Å². The Morgan fingerprint density at radius 3 is 1.85 bits per heavy atom. The van der Waals surface area contributed by atoms with Gasteiger partial charge in [-0.05, 0) is 12.1 Å². The second kappa shape index (κ2) is 30.3. The van der Waals surface area contributed by atoms with Gasteiger partial charge in [-0.1, -0.05) is 42.5 Å². The zero-order chi connectivity index (χ0) is 74.0. The van der Waals surface area contributed by atoms with Crippen LogP contribution in [0.15, 0.2) is 65.2 Å². The first-order chi connectivity index (χ1) is 50.1. The van der Waals surface area contributed by atoms with Crippen LogP contribution < -0.4 is 77.1 Å². The number of imidazole rings is 2. The number of aromatic amines is 2. The van der Waals surface area contributed by atoms with E-state index in [0.717, 1.165) is 32.9 Å². The van der Waals surface area contributed by atoms with E-state index in [0.29, 0.717) is 5.56 Å². The average Bonchev–Trinajstić information content (AvgIpc) is 1.63. The van der Waals surface area contributed by atoms with Crippen LogP contribution in [0.4, 0.5) is 32.3 Å². The number of nitrogens with zero attached hydrogens (tertiary/aromatic N) is 17. The molecule has 6 fully saturated rings. The predicted octanol–water partition coefficient (Wildman–Crippen LogP) is -4.45. The van der Waals surface area contributed by atoms with Crippen LogP contribution in [0.1, 0.15) is 62.0 Å². The van der Waals surface area contributed by atoms with Crippen LogP contribution in [-0.4, -0.2) is 218 Å². The molecule has 0 bridgehead atoms. The van der Waals surface area contributed by atoms with E-state index < -0.39 is 184 Å². The first-order valence-electron chi connectivity index (χ1n) is 31.2. The van der Waals surface area contributed by atoms with E-state index in [2.05, 4.69) is 95.4 Å². The maximum atomic E-state index is 16.7. The third kappa shape index (κ3) is 15.7. The van der Waals surface area contributed by atoms with Crippen LogP contribution in [0, 0.1) is 12.5 Å². The first kappa shape index (κ1) is 75.8. The third-order valence-electron chi connectivity index (χ3n) is 16.6. The maximum absolute atomic E-state index is 16.7. The Kier molecular flexibility index (Phi) is 21.7. The molecule has 10 N–H and O–H groups in total. The molecule has 558 valence electrons. The number of halogens is 2. The van der Waals surface area contributed by atoms with Gasteiger partial charge in [0, 0.05) is 37.4 Å². The van der Waals surface area contributed by atoms with E-state index in [-0.39, 0.29) is 117 Å². The molecule has 2 amide bonds. The van der Waals surface area contributed by atoms with E-state index in [4.69, 9.17) is 68.0 Å². The number of fused-ring (bicyclic) bond motifs is 8. The molecule has 6 aliphatic heterocycles. The molecule has 6 saturated heterocycles. The summed E-state index contributed by atoms with van der Waals surface area (Å²) in [6.07, 6.45) is -18.0. The molecule has 2 unspecified atom stereocenters. The number of hydrogen-bond acceptors (Lipinski definition) is 36. The van der Waals surface area contributed by atoms with Crippen molar-refractivity contribution in [1.29, 1.82) is 0 Å². The van der Waals surface area contributed by atoms with E-state index in [9.17, 15) is 50.0 Å². The Morgan fingerprint density at radius 1 is 0.708 bits per heavy atom. The zero-order valence-corrected chi connectivity index (χ0v) is 60.1. The predicted molar refractivity (Wildman–Crippen MR) is 342 cm³/mol. The van der Waals surface area contributed by atoms with Crippen molar-refractivity contribution in [3.05, 3.63) is 93.3 Å². The minimum Gasteiger partial charge on any atom is -0.756 e. The number of hydrogen-bond donors (Lipinski definition) is 8. The summed E-state index contributed by atoms with van der Waals surface area (Å²) in [6, 6.07) is 8.28. The molecule has 0 saturated carbocycles. The van der Waals surface area contributed by atoms with Gasteiger partial charge in [0.15, 0.2) is 88.0 Å². The molecule has 47 nitrogen and oxygen atoms in total. The fraction of sp³-hybridized carbons (Fsp3) is 0.481. The fourth-order valence-corrected chi connectivity index (χ4v) is 15.9. The van der Waals surface area contributed by atoms with Gasteiger partial charge in [0.1, 0.15) is 73.6 Å². The fourth-order valence-electron chi connectivity index (χ4n) is 11.7. The summed E-state index contributed by atoms with van der Waals surface area (Å²) >= 11 is 0. The van der Waals surface area contributed by atoms with Crippen molar-refractivity contribution in [1.82, 2.24) is 98.4 Å². The number of aromatic nitrogens is 18. The van der Waals surface area contributed by atoms with Gasteiger partial charge in [-0.15, -0.1) is 10.2 Å². The number of amides is 2. The Hall–Kier alpha value is -8.43. The van der Waals surface area contributed by atoms with Gasteiger partial charge >= 0.3 is 58.0 Å². The molecule has 16 atom stereocenters. The Morgan fingerprint density at radius 2 is 1.25 bits per heavy atom. The Balaban J connectivity index is 0.000000195. The molecule has 54 heteroatoms. The number of nitrogen functional groups attached to an aromatic ring is 2. The monoisotopic (exact) mass is 1570 g/mol. The molecule has 1 aromatic carbocycles. The van der Waals surface area contributed by atoms with Crippen LogP contribution in [0.5, 0.6) is 0 Å². The van der Waals surface area contributed by atoms with Gasteiger partial charge in [-0.25, -0.2) is 49.8 Å². The van der Waals surface area contributed by atoms with Crippen molar-refractivity contribution in [2.75, 3.05) is 61.6 Å². The van der Waals surface area contributed by atoms with Crippen LogP contribution in [0.3, 0.4) is 0 Å². The number of ether oxygens (including phenoxy) is 4. The number of carbonyl (C=O) groups is 2. The van der Waals surface area contributed by atoms with Crippen molar-refractivity contribution in [2.45, 2.75) is 113 Å². The van der Waals surface area contributed by atoms with Crippen molar-refractivity contribution in [3.63, 3.8) is 0 Å². The van der Waals surface area contributed by atoms with Crippen molar-refractivity contribution in [2.24, 2.45) is 5.92 Å². The van der Waals surface area contributed by atoms with Gasteiger partial charge in [0.2, 0.25) is 24.3 Å². The molecule has 9 aromatic rings. The van der Waals surface area contributed by atoms with Gasteiger partial charge in [-0.2, -0.15) is 45.6 Å². The standard InChI is InChI=1S/C33H35FN13O12PS.C19H22FN12O10PS.Na/c1-16(2)29(48)42-33-41-28-24(31(50)43-33)44-45-47(28)21-11-18-20(56-21)13-55-60(51,54-10-9-35-3)58-25-19(12-39-61(52,53)59-18)57-32(22(25)34)46-15-38-23-26(36-14-37-27(23)46)40-30(49)17-7-5-4-6-8-17;20-10-13-7(40-18(10)31-5-25-11-14(21)23-4-24-15(11)31)2-26-44(36,37)42-6-1-9(39-8(6)3-38-43(34,35)41-13)32-16-12(29-30-32)17(33)28-19(22)27-16;/h4-8,14-16,18-22,25,32,39H,9-13H2,1-2H3,(H,36,37,40,49)(H2,41,42,43,48,50);4-10,13,18,26H,1-3H2,(H,34,35)(H2,21,23,24)(H3,22,27,28,33);/q;;+1/p-1/t18-,19+,20+,21+,22+,25+,32+,60?;6-,7+,8+,9+,10+,13+,18+;/m00./s1. The number of carbonyl (C=O) groups excluding carboxylic acids is 2. The zero-order valence-electron chi connectivity index (χ0n) is 54.7. The summed E-state index contributed by atoms with van der Waals surface area (Å²) in [7, 11) is -19.4. The Bertz CT molecular complexity index is 5350. The SMILES string of the molecule is Nc1nc2c(nnn2[C@H]2C[C@@H]3OS(=O)(=O)NC[C@H]4O[C@@H](n5cnc6c(N)ncnc65)[C@H](F)[C@@H]4OP(=O)([O-])OC[C@H]3O2)c(=O)[nH]1.[C-]#[N+]CCOP1(=O)OC[C@H]2O[C@@H](n3nnc4c(=O)[nH]c(NC(=O)C(C)C)nc43)C[C@@H]2OS(=O)(=O)NC[C@H]2O[C@@H](n3cnc4c(NC(=O)c5ccccc5)ncnc43)[C@H](F)[C@@H]2O1.[Na+]. The van der Waals surface area contributed by atoms with Crippen LogP contribution in [0.2, 0.25) is 0 Å². The number of nitrogens with two attached hydrogens (primary N) is 2. The van der Waals surface area contributed by atoms with Crippen molar-refractivity contribution >= 4 is 116 Å². The normalized spacial score (nSPS) is 30.2.